The lowest BCUT2D eigenvalue weighted by molar-refractivity contribution is 0.0260. The van der Waals surface area contributed by atoms with Gasteiger partial charge in [0.1, 0.15) is 11.4 Å². The van der Waals surface area contributed by atoms with E-state index in [-0.39, 0.29) is 11.7 Å². The molecule has 5 nitrogen and oxygen atoms in total. The van der Waals surface area contributed by atoms with Crippen LogP contribution in [0.4, 0.5) is 10.6 Å². The fourth-order valence-corrected chi connectivity index (χ4v) is 4.76. The van der Waals surface area contributed by atoms with Gasteiger partial charge < -0.3 is 4.74 Å². The van der Waals surface area contributed by atoms with Crippen LogP contribution >= 0.6 is 0 Å². The van der Waals surface area contributed by atoms with Crippen molar-refractivity contribution in [2.75, 3.05) is 18.0 Å². The van der Waals surface area contributed by atoms with E-state index in [1.807, 2.05) is 12.1 Å². The molecule has 0 N–H and O–H groups in total. The molecule has 2 aliphatic heterocycles. The predicted molar refractivity (Wildman–Crippen MR) is 97.7 cm³/mol. The SMILES string of the molecule is CC(C)N1CCCC1c1cccc(N2CC3(CCCCC3)OC2=O)n1. The standard InChI is InChI=1S/C20H29N3O2/c1-15(2)22-13-7-9-17(22)16-8-6-10-18(21-16)23-14-20(25-19(23)24)11-4-3-5-12-20/h6,8,10,15,17H,3-5,7,9,11-14H2,1-2H3. The van der Waals surface area contributed by atoms with Crippen LogP contribution in [0.3, 0.4) is 0 Å². The first-order valence-electron chi connectivity index (χ1n) is 9.81. The highest BCUT2D eigenvalue weighted by Gasteiger charge is 2.46. The average Bonchev–Trinajstić information content (AvgIpc) is 3.21. The molecule has 1 saturated carbocycles. The van der Waals surface area contributed by atoms with Crippen molar-refractivity contribution in [1.29, 1.82) is 0 Å². The number of ether oxygens (including phenoxy) is 1. The molecule has 3 heterocycles. The average molecular weight is 343 g/mol. The van der Waals surface area contributed by atoms with Crippen LogP contribution in [-0.2, 0) is 4.74 Å². The van der Waals surface area contributed by atoms with Crippen LogP contribution in [-0.4, -0.2) is 40.7 Å². The number of rotatable bonds is 3. The Hall–Kier alpha value is -1.62. The van der Waals surface area contributed by atoms with Gasteiger partial charge in [-0.2, -0.15) is 0 Å². The molecule has 4 rings (SSSR count). The van der Waals surface area contributed by atoms with E-state index in [2.05, 4.69) is 24.8 Å². The Morgan fingerprint density at radius 3 is 2.76 bits per heavy atom. The number of likely N-dealkylation sites (tertiary alicyclic amines) is 1. The van der Waals surface area contributed by atoms with Crippen LogP contribution in [0.2, 0.25) is 0 Å². The number of carbonyl (C=O) groups is 1. The zero-order valence-corrected chi connectivity index (χ0v) is 15.4. The van der Waals surface area contributed by atoms with E-state index in [0.29, 0.717) is 18.6 Å². The van der Waals surface area contributed by atoms with Gasteiger partial charge in [0, 0.05) is 6.04 Å². The van der Waals surface area contributed by atoms with Gasteiger partial charge in [0.05, 0.1) is 18.3 Å². The van der Waals surface area contributed by atoms with E-state index in [4.69, 9.17) is 9.72 Å². The summed E-state index contributed by atoms with van der Waals surface area (Å²) >= 11 is 0. The molecule has 1 aromatic rings. The molecule has 3 aliphatic rings. The van der Waals surface area contributed by atoms with Crippen LogP contribution in [0.1, 0.15) is 70.5 Å². The summed E-state index contributed by atoms with van der Waals surface area (Å²) in [5, 5.41) is 0. The molecule has 1 aliphatic carbocycles. The van der Waals surface area contributed by atoms with Gasteiger partial charge in [-0.3, -0.25) is 9.80 Å². The van der Waals surface area contributed by atoms with Gasteiger partial charge in [-0.1, -0.05) is 12.5 Å². The van der Waals surface area contributed by atoms with Crippen molar-refractivity contribution < 1.29 is 9.53 Å². The van der Waals surface area contributed by atoms with Gasteiger partial charge in [-0.15, -0.1) is 0 Å². The van der Waals surface area contributed by atoms with Crippen LogP contribution < -0.4 is 4.90 Å². The number of carbonyl (C=O) groups excluding carboxylic acids is 1. The van der Waals surface area contributed by atoms with E-state index in [0.717, 1.165) is 50.2 Å². The van der Waals surface area contributed by atoms with Gasteiger partial charge in [-0.05, 0) is 71.0 Å². The number of aromatic nitrogens is 1. The molecule has 3 fully saturated rings. The lowest BCUT2D eigenvalue weighted by Gasteiger charge is -2.30. The maximum atomic E-state index is 12.5. The molecular weight excluding hydrogens is 314 g/mol. The fraction of sp³-hybridized carbons (Fsp3) is 0.700. The zero-order valence-electron chi connectivity index (χ0n) is 15.4. The molecule has 1 spiro atoms. The third-order valence-corrected chi connectivity index (χ3v) is 6.07. The molecule has 1 amide bonds. The van der Waals surface area contributed by atoms with Crippen LogP contribution in [0, 0.1) is 0 Å². The Morgan fingerprint density at radius 1 is 1.20 bits per heavy atom. The fourth-order valence-electron chi connectivity index (χ4n) is 4.76. The first-order chi connectivity index (χ1) is 12.1. The summed E-state index contributed by atoms with van der Waals surface area (Å²) in [7, 11) is 0. The monoisotopic (exact) mass is 343 g/mol. The van der Waals surface area contributed by atoms with Crippen LogP contribution in [0.5, 0.6) is 0 Å². The second-order valence-electron chi connectivity index (χ2n) is 8.11. The van der Waals surface area contributed by atoms with Crippen LogP contribution in [0.15, 0.2) is 18.2 Å². The van der Waals surface area contributed by atoms with Crippen molar-refractivity contribution in [3.63, 3.8) is 0 Å². The molecule has 136 valence electrons. The summed E-state index contributed by atoms with van der Waals surface area (Å²) < 4.78 is 5.82. The van der Waals surface area contributed by atoms with Gasteiger partial charge in [-0.25, -0.2) is 9.78 Å². The zero-order chi connectivity index (χ0) is 17.4. The minimum Gasteiger partial charge on any atom is -0.441 e. The largest absolute Gasteiger partial charge is 0.441 e. The molecule has 5 heteroatoms. The molecule has 2 saturated heterocycles. The highest BCUT2D eigenvalue weighted by atomic mass is 16.6. The minimum atomic E-state index is -0.273. The number of hydrogen-bond acceptors (Lipinski definition) is 4. The highest BCUT2D eigenvalue weighted by molar-refractivity contribution is 5.89. The predicted octanol–water partition coefficient (Wildman–Crippen LogP) is 4.29. The molecule has 0 bridgehead atoms. The third kappa shape index (κ3) is 3.14. The molecule has 1 aromatic heterocycles. The van der Waals surface area contributed by atoms with E-state index in [1.165, 1.54) is 12.8 Å². The van der Waals surface area contributed by atoms with E-state index < -0.39 is 0 Å². The molecule has 0 radical (unpaired) electrons. The van der Waals surface area contributed by atoms with Crippen LogP contribution in [0.25, 0.3) is 0 Å². The lowest BCUT2D eigenvalue weighted by Crippen LogP contribution is -2.36. The summed E-state index contributed by atoms with van der Waals surface area (Å²) in [5.41, 5.74) is 0.811. The number of amides is 1. The number of hydrogen-bond donors (Lipinski definition) is 0. The van der Waals surface area contributed by atoms with Crippen molar-refractivity contribution in [1.82, 2.24) is 9.88 Å². The molecule has 0 aromatic carbocycles. The maximum absolute atomic E-state index is 12.5. The summed E-state index contributed by atoms with van der Waals surface area (Å²) in [6.07, 6.45) is 7.66. The number of pyridine rings is 1. The Balaban J connectivity index is 1.56. The van der Waals surface area contributed by atoms with Crippen molar-refractivity contribution in [2.45, 2.75) is 76.5 Å². The summed E-state index contributed by atoms with van der Waals surface area (Å²) in [6, 6.07) is 6.96. The Kier molecular flexibility index (Phi) is 4.44. The van der Waals surface area contributed by atoms with Crippen molar-refractivity contribution in [2.24, 2.45) is 0 Å². The summed E-state index contributed by atoms with van der Waals surface area (Å²) in [5.74, 6) is 0.751. The number of anilines is 1. The summed E-state index contributed by atoms with van der Waals surface area (Å²) in [4.78, 5) is 21.7. The second-order valence-corrected chi connectivity index (χ2v) is 8.11. The van der Waals surface area contributed by atoms with E-state index in [1.54, 1.807) is 4.90 Å². The number of nitrogens with zero attached hydrogens (tertiary/aromatic N) is 3. The topological polar surface area (TPSA) is 45.7 Å². The third-order valence-electron chi connectivity index (χ3n) is 6.07. The minimum absolute atomic E-state index is 0.223. The van der Waals surface area contributed by atoms with Crippen molar-refractivity contribution in [3.05, 3.63) is 23.9 Å². The first kappa shape index (κ1) is 16.8. The highest BCUT2D eigenvalue weighted by Crippen LogP contribution is 2.39. The summed E-state index contributed by atoms with van der Waals surface area (Å²) in [6.45, 7) is 6.27. The van der Waals surface area contributed by atoms with Gasteiger partial charge in [0.2, 0.25) is 0 Å². The smallest absolute Gasteiger partial charge is 0.416 e. The van der Waals surface area contributed by atoms with Gasteiger partial charge in [0.15, 0.2) is 0 Å². The first-order valence-corrected chi connectivity index (χ1v) is 9.81. The molecule has 25 heavy (non-hydrogen) atoms. The van der Waals surface area contributed by atoms with Gasteiger partial charge >= 0.3 is 6.09 Å². The normalized spacial score (nSPS) is 26.6. The Bertz CT molecular complexity index is 640. The van der Waals surface area contributed by atoms with Gasteiger partial charge in [0.25, 0.3) is 0 Å². The lowest BCUT2D eigenvalue weighted by atomic mass is 9.85. The molecule has 1 unspecified atom stereocenters. The van der Waals surface area contributed by atoms with E-state index >= 15 is 0 Å². The Morgan fingerprint density at radius 2 is 2.00 bits per heavy atom. The van der Waals surface area contributed by atoms with E-state index in [9.17, 15) is 4.79 Å². The van der Waals surface area contributed by atoms with Crippen molar-refractivity contribution in [3.8, 4) is 0 Å². The quantitative estimate of drug-likeness (QED) is 0.821. The molecule has 1 atom stereocenters. The molecular formula is C20H29N3O2. The Labute approximate surface area is 150 Å². The maximum Gasteiger partial charge on any atom is 0.416 e. The second kappa shape index (κ2) is 6.60. The van der Waals surface area contributed by atoms with Crippen molar-refractivity contribution >= 4 is 11.9 Å².